The predicted octanol–water partition coefficient (Wildman–Crippen LogP) is 5.95. The monoisotopic (exact) mass is 458 g/mol. The molecule has 13 heteroatoms. The summed E-state index contributed by atoms with van der Waals surface area (Å²) in [7, 11) is 0. The molecule has 31 heavy (non-hydrogen) atoms. The molecule has 2 rings (SSSR count). The van der Waals surface area contributed by atoms with Gasteiger partial charge in [0.05, 0.1) is 22.4 Å². The summed E-state index contributed by atoms with van der Waals surface area (Å²) in [6.45, 7) is 1.02. The predicted molar refractivity (Wildman–Crippen MR) is 90.1 cm³/mol. The van der Waals surface area contributed by atoms with Gasteiger partial charge in [0.15, 0.2) is 0 Å². The van der Waals surface area contributed by atoms with Crippen LogP contribution in [0.5, 0.6) is 0 Å². The third kappa shape index (κ3) is 6.12. The van der Waals surface area contributed by atoms with Crippen LogP contribution in [0.25, 0.3) is 0 Å². The van der Waals surface area contributed by atoms with Gasteiger partial charge in [0.1, 0.15) is 0 Å². The van der Waals surface area contributed by atoms with Crippen molar-refractivity contribution in [3.05, 3.63) is 58.7 Å². The number of hydrogen-bond acceptors (Lipinski definition) is 2. The van der Waals surface area contributed by atoms with Gasteiger partial charge in [-0.25, -0.2) is 0 Å². The first kappa shape index (κ1) is 24.0. The van der Waals surface area contributed by atoms with Gasteiger partial charge in [-0.3, -0.25) is 9.59 Å². The van der Waals surface area contributed by atoms with E-state index >= 15 is 0 Å². The first-order valence-electron chi connectivity index (χ1n) is 8.08. The van der Waals surface area contributed by atoms with Crippen molar-refractivity contribution in [3.63, 3.8) is 0 Å². The highest BCUT2D eigenvalue weighted by Gasteiger charge is 2.38. The summed E-state index contributed by atoms with van der Waals surface area (Å²) in [5.74, 6) is -2.33. The molecule has 2 amide bonds. The number of halogens is 9. The molecule has 0 spiro atoms. The molecule has 2 N–H and O–H groups in total. The average Bonchev–Trinajstić information content (AvgIpc) is 2.59. The summed E-state index contributed by atoms with van der Waals surface area (Å²) in [6, 6.07) is 2.06. The van der Waals surface area contributed by atoms with Crippen molar-refractivity contribution in [3.8, 4) is 0 Å². The van der Waals surface area contributed by atoms with Gasteiger partial charge in [-0.05, 0) is 36.4 Å². The van der Waals surface area contributed by atoms with Gasteiger partial charge in [0.25, 0.3) is 5.91 Å². The van der Waals surface area contributed by atoms with Crippen molar-refractivity contribution < 1.29 is 49.1 Å². The van der Waals surface area contributed by atoms with Gasteiger partial charge in [0, 0.05) is 18.2 Å². The number of rotatable bonds is 3. The van der Waals surface area contributed by atoms with E-state index in [-0.39, 0.29) is 23.9 Å². The zero-order valence-electron chi connectivity index (χ0n) is 15.2. The van der Waals surface area contributed by atoms with Crippen LogP contribution in [-0.2, 0) is 23.3 Å². The lowest BCUT2D eigenvalue weighted by atomic mass is 10.0. The van der Waals surface area contributed by atoms with Crippen molar-refractivity contribution in [1.82, 2.24) is 0 Å². The molecule has 4 nitrogen and oxygen atoms in total. The lowest BCUT2D eigenvalue weighted by Gasteiger charge is -2.17. The number of alkyl halides is 9. The Hall–Kier alpha value is -3.25. The molecular weight excluding hydrogens is 447 g/mol. The highest BCUT2D eigenvalue weighted by molar-refractivity contribution is 6.05. The summed E-state index contributed by atoms with van der Waals surface area (Å²) >= 11 is 0. The molecular formula is C18H11F9N2O2. The van der Waals surface area contributed by atoms with Crippen LogP contribution in [0.4, 0.5) is 50.9 Å². The molecule has 2 aromatic carbocycles. The minimum Gasteiger partial charge on any atom is -0.326 e. The molecule has 0 heterocycles. The van der Waals surface area contributed by atoms with Crippen molar-refractivity contribution >= 4 is 23.2 Å². The maximum atomic E-state index is 13.3. The lowest BCUT2D eigenvalue weighted by Crippen LogP contribution is -2.19. The Kier molecular flexibility index (Phi) is 6.29. The molecule has 0 atom stereocenters. The molecule has 0 bridgehead atoms. The minimum atomic E-state index is -5.24. The second-order valence-electron chi connectivity index (χ2n) is 6.19. The van der Waals surface area contributed by atoms with E-state index in [0.717, 1.165) is 13.0 Å². The topological polar surface area (TPSA) is 58.2 Å². The van der Waals surface area contributed by atoms with E-state index in [0.29, 0.717) is 12.1 Å². The van der Waals surface area contributed by atoms with Gasteiger partial charge in [-0.15, -0.1) is 0 Å². The number of benzene rings is 2. The third-order valence-electron chi connectivity index (χ3n) is 3.74. The smallest absolute Gasteiger partial charge is 0.326 e. The molecule has 0 aliphatic rings. The van der Waals surface area contributed by atoms with Gasteiger partial charge in [-0.1, -0.05) is 0 Å². The van der Waals surface area contributed by atoms with Crippen molar-refractivity contribution in [1.29, 1.82) is 0 Å². The second-order valence-corrected chi connectivity index (χ2v) is 6.19. The lowest BCUT2D eigenvalue weighted by molar-refractivity contribution is -0.143. The molecule has 0 aliphatic carbocycles. The maximum absolute atomic E-state index is 13.3. The Labute approximate surface area is 168 Å². The number of nitrogens with one attached hydrogen (secondary N) is 2. The quantitative estimate of drug-likeness (QED) is 0.559. The summed E-state index contributed by atoms with van der Waals surface area (Å²) in [6.07, 6.45) is -15.6. The maximum Gasteiger partial charge on any atom is 0.418 e. The molecule has 2 aromatic rings. The van der Waals surface area contributed by atoms with Gasteiger partial charge >= 0.3 is 18.5 Å². The minimum absolute atomic E-state index is 0.0868. The number of anilines is 2. The van der Waals surface area contributed by atoms with Crippen LogP contribution in [-0.4, -0.2) is 11.8 Å². The van der Waals surface area contributed by atoms with Gasteiger partial charge in [0.2, 0.25) is 5.91 Å². The molecule has 0 unspecified atom stereocenters. The number of carbonyl (C=O) groups excluding carboxylic acids is 2. The Balaban J connectivity index is 2.51. The van der Waals surface area contributed by atoms with Crippen LogP contribution >= 0.6 is 0 Å². The number of amides is 2. The third-order valence-corrected chi connectivity index (χ3v) is 3.74. The Morgan fingerprint density at radius 2 is 1.23 bits per heavy atom. The number of hydrogen-bond donors (Lipinski definition) is 2. The summed E-state index contributed by atoms with van der Waals surface area (Å²) in [5.41, 5.74) is -7.46. The van der Waals surface area contributed by atoms with Crippen molar-refractivity contribution in [2.24, 2.45) is 0 Å². The Morgan fingerprint density at radius 3 is 1.65 bits per heavy atom. The van der Waals surface area contributed by atoms with Gasteiger partial charge in [-0.2, -0.15) is 39.5 Å². The van der Waals surface area contributed by atoms with E-state index in [4.69, 9.17) is 0 Å². The van der Waals surface area contributed by atoms with E-state index in [2.05, 4.69) is 5.32 Å². The van der Waals surface area contributed by atoms with E-state index in [1.807, 2.05) is 0 Å². The van der Waals surface area contributed by atoms with Gasteiger partial charge < -0.3 is 10.6 Å². The zero-order valence-corrected chi connectivity index (χ0v) is 15.2. The van der Waals surface area contributed by atoms with Crippen molar-refractivity contribution in [2.45, 2.75) is 25.5 Å². The molecule has 0 aliphatic heterocycles. The van der Waals surface area contributed by atoms with E-state index in [1.165, 1.54) is 0 Å². The normalized spacial score (nSPS) is 12.5. The molecule has 168 valence electrons. The highest BCUT2D eigenvalue weighted by atomic mass is 19.4. The van der Waals surface area contributed by atoms with E-state index < -0.39 is 58.3 Å². The zero-order chi connectivity index (χ0) is 23.8. The molecule has 0 saturated heterocycles. The van der Waals surface area contributed by atoms with Crippen LogP contribution in [0.3, 0.4) is 0 Å². The molecule has 0 aromatic heterocycles. The average molecular weight is 458 g/mol. The first-order chi connectivity index (χ1) is 14.0. The summed E-state index contributed by atoms with van der Waals surface area (Å²) in [4.78, 5) is 23.2. The van der Waals surface area contributed by atoms with Crippen LogP contribution in [0.15, 0.2) is 36.4 Å². The van der Waals surface area contributed by atoms with Crippen LogP contribution in [0.2, 0.25) is 0 Å². The molecule has 0 radical (unpaired) electrons. The Bertz CT molecular complexity index is 976. The van der Waals surface area contributed by atoms with E-state index in [1.54, 1.807) is 5.32 Å². The SMILES string of the molecule is CC(=O)Nc1ccc(NC(=O)c2cc(C(F)(F)F)cc(C(F)(F)F)c2)c(C(F)(F)F)c1. The van der Waals surface area contributed by atoms with Crippen LogP contribution in [0.1, 0.15) is 34.0 Å². The summed E-state index contributed by atoms with van der Waals surface area (Å²) in [5, 5.41) is 3.74. The molecule has 0 saturated carbocycles. The fourth-order valence-electron chi connectivity index (χ4n) is 2.45. The standard InChI is InChI=1S/C18H11F9N2O2/c1-8(30)28-12-2-3-14(13(7-12)18(25,26)27)29-15(31)9-4-10(16(19,20)21)6-11(5-9)17(22,23)24/h2-7H,1H3,(H,28,30)(H,29,31). The largest absolute Gasteiger partial charge is 0.418 e. The second kappa shape index (κ2) is 8.12. The first-order valence-corrected chi connectivity index (χ1v) is 8.08. The van der Waals surface area contributed by atoms with Crippen LogP contribution in [0, 0.1) is 0 Å². The fraction of sp³-hybridized carbons (Fsp3) is 0.222. The Morgan fingerprint density at radius 1 is 0.710 bits per heavy atom. The van der Waals surface area contributed by atoms with E-state index in [9.17, 15) is 49.1 Å². The fourth-order valence-corrected chi connectivity index (χ4v) is 2.45. The number of carbonyl (C=O) groups is 2. The summed E-state index contributed by atoms with van der Waals surface area (Å²) < 4.78 is 117. The van der Waals surface area contributed by atoms with Crippen molar-refractivity contribution in [2.75, 3.05) is 10.6 Å². The molecule has 0 fully saturated rings. The highest BCUT2D eigenvalue weighted by Crippen LogP contribution is 2.38. The van der Waals surface area contributed by atoms with Crippen LogP contribution < -0.4 is 10.6 Å².